The molecule has 0 aliphatic rings. The first-order chi connectivity index (χ1) is 8.99. The van der Waals surface area contributed by atoms with Crippen LogP contribution in [0.5, 0.6) is 0 Å². The Morgan fingerprint density at radius 1 is 1.16 bits per heavy atom. The third kappa shape index (κ3) is 5.73. The maximum atomic E-state index is 10.6. The van der Waals surface area contributed by atoms with Gasteiger partial charge in [-0.05, 0) is 12.1 Å². The van der Waals surface area contributed by atoms with Crippen molar-refractivity contribution < 1.29 is 19.8 Å². The van der Waals surface area contributed by atoms with Crippen molar-refractivity contribution in [2.24, 2.45) is 0 Å². The van der Waals surface area contributed by atoms with Gasteiger partial charge in [0.25, 0.3) is 0 Å². The van der Waals surface area contributed by atoms with Gasteiger partial charge in [0.05, 0.1) is 24.5 Å². The van der Waals surface area contributed by atoms with E-state index in [0.29, 0.717) is 18.8 Å². The minimum Gasteiger partial charge on any atom is -0.480 e. The smallest absolute Gasteiger partial charge is 0.317 e. The standard InChI is InChI=1S/C12H17N3O4/c13-9-3-1-2-4-10(9)14-5-6-15(7-11(16)17)8-12(18)19/h1-4,14H,5-8,13H2,(H,16,17)(H,18,19). The summed E-state index contributed by atoms with van der Waals surface area (Å²) in [5.41, 5.74) is 7.07. The summed E-state index contributed by atoms with van der Waals surface area (Å²) in [4.78, 5) is 22.5. The first-order valence-corrected chi connectivity index (χ1v) is 5.73. The summed E-state index contributed by atoms with van der Waals surface area (Å²) < 4.78 is 0. The summed E-state index contributed by atoms with van der Waals surface area (Å²) in [6.45, 7) is 0.0954. The van der Waals surface area contributed by atoms with E-state index in [1.807, 2.05) is 12.1 Å². The molecule has 0 fully saturated rings. The molecule has 0 bridgehead atoms. The van der Waals surface area contributed by atoms with Crippen molar-refractivity contribution >= 4 is 23.3 Å². The highest BCUT2D eigenvalue weighted by Gasteiger charge is 2.12. The van der Waals surface area contributed by atoms with Gasteiger partial charge >= 0.3 is 11.9 Å². The summed E-state index contributed by atoms with van der Waals surface area (Å²) in [7, 11) is 0. The fourth-order valence-electron chi connectivity index (χ4n) is 1.60. The summed E-state index contributed by atoms with van der Waals surface area (Å²) in [6, 6.07) is 7.18. The average Bonchev–Trinajstić information content (AvgIpc) is 2.30. The zero-order chi connectivity index (χ0) is 14.3. The summed E-state index contributed by atoms with van der Waals surface area (Å²) in [6.07, 6.45) is 0. The minimum atomic E-state index is -1.06. The largest absolute Gasteiger partial charge is 0.480 e. The van der Waals surface area contributed by atoms with Gasteiger partial charge in [0.1, 0.15) is 0 Å². The van der Waals surface area contributed by atoms with Gasteiger partial charge in [-0.25, -0.2) is 0 Å². The lowest BCUT2D eigenvalue weighted by molar-refractivity contribution is -0.141. The molecule has 0 aliphatic heterocycles. The van der Waals surface area contributed by atoms with Gasteiger partial charge in [-0.15, -0.1) is 0 Å². The van der Waals surface area contributed by atoms with Crippen LogP contribution in [0.1, 0.15) is 0 Å². The summed E-state index contributed by atoms with van der Waals surface area (Å²) in [5, 5.41) is 20.4. The molecular weight excluding hydrogens is 250 g/mol. The van der Waals surface area contributed by atoms with Gasteiger partial charge < -0.3 is 21.3 Å². The van der Waals surface area contributed by atoms with Crippen LogP contribution in [0.2, 0.25) is 0 Å². The normalized spacial score (nSPS) is 10.4. The van der Waals surface area contributed by atoms with Crippen molar-refractivity contribution in [2.75, 3.05) is 37.2 Å². The molecule has 1 aromatic carbocycles. The summed E-state index contributed by atoms with van der Waals surface area (Å²) in [5.74, 6) is -2.11. The van der Waals surface area contributed by atoms with Crippen LogP contribution in [0.15, 0.2) is 24.3 Å². The first-order valence-electron chi connectivity index (χ1n) is 5.73. The number of rotatable bonds is 8. The van der Waals surface area contributed by atoms with Gasteiger partial charge in [-0.1, -0.05) is 12.1 Å². The number of para-hydroxylation sites is 2. The summed E-state index contributed by atoms with van der Waals surface area (Å²) >= 11 is 0. The van der Waals surface area contributed by atoms with Crippen LogP contribution in [0.3, 0.4) is 0 Å². The fraction of sp³-hybridized carbons (Fsp3) is 0.333. The van der Waals surface area contributed by atoms with E-state index in [1.54, 1.807) is 12.1 Å². The maximum Gasteiger partial charge on any atom is 0.317 e. The van der Waals surface area contributed by atoms with Gasteiger partial charge in [0.15, 0.2) is 0 Å². The molecule has 0 saturated carbocycles. The molecule has 19 heavy (non-hydrogen) atoms. The van der Waals surface area contributed by atoms with Crippen LogP contribution in [0.25, 0.3) is 0 Å². The van der Waals surface area contributed by atoms with Gasteiger partial charge in [-0.3, -0.25) is 14.5 Å². The van der Waals surface area contributed by atoms with E-state index in [-0.39, 0.29) is 13.1 Å². The zero-order valence-electron chi connectivity index (χ0n) is 10.4. The second-order valence-electron chi connectivity index (χ2n) is 4.01. The number of nitrogen functional groups attached to an aromatic ring is 1. The average molecular weight is 267 g/mol. The number of nitrogens with two attached hydrogens (primary N) is 1. The highest BCUT2D eigenvalue weighted by atomic mass is 16.4. The predicted octanol–water partition coefficient (Wildman–Crippen LogP) is 0.152. The lowest BCUT2D eigenvalue weighted by Gasteiger charge is -2.18. The van der Waals surface area contributed by atoms with E-state index in [0.717, 1.165) is 5.69 Å². The lowest BCUT2D eigenvalue weighted by Crippen LogP contribution is -2.37. The molecule has 0 unspecified atom stereocenters. The Morgan fingerprint density at radius 2 is 1.74 bits per heavy atom. The number of hydrogen-bond donors (Lipinski definition) is 4. The minimum absolute atomic E-state index is 0.299. The van der Waals surface area contributed by atoms with E-state index < -0.39 is 11.9 Å². The first kappa shape index (κ1) is 14.8. The molecule has 0 heterocycles. The third-order valence-electron chi connectivity index (χ3n) is 2.42. The molecule has 0 spiro atoms. The number of hydrogen-bond acceptors (Lipinski definition) is 5. The number of carbonyl (C=O) groups is 2. The van der Waals surface area contributed by atoms with Gasteiger partial charge in [0.2, 0.25) is 0 Å². The van der Waals surface area contributed by atoms with Crippen molar-refractivity contribution in [3.63, 3.8) is 0 Å². The molecule has 1 rings (SSSR count). The van der Waals surface area contributed by atoms with Crippen molar-refractivity contribution in [2.45, 2.75) is 0 Å². The van der Waals surface area contributed by atoms with Crippen LogP contribution in [0, 0.1) is 0 Å². The van der Waals surface area contributed by atoms with E-state index in [9.17, 15) is 9.59 Å². The maximum absolute atomic E-state index is 10.6. The van der Waals surface area contributed by atoms with E-state index >= 15 is 0 Å². The molecule has 0 aromatic heterocycles. The van der Waals surface area contributed by atoms with Crippen molar-refractivity contribution in [3.05, 3.63) is 24.3 Å². The molecule has 0 amide bonds. The number of carboxylic acid groups (broad SMARTS) is 2. The molecule has 104 valence electrons. The van der Waals surface area contributed by atoms with Crippen molar-refractivity contribution in [1.29, 1.82) is 0 Å². The SMILES string of the molecule is Nc1ccccc1NCCN(CC(=O)O)CC(=O)O. The molecule has 7 heteroatoms. The monoisotopic (exact) mass is 267 g/mol. The molecule has 7 nitrogen and oxygen atoms in total. The number of carboxylic acids is 2. The van der Waals surface area contributed by atoms with Crippen LogP contribution in [0.4, 0.5) is 11.4 Å². The molecule has 0 saturated heterocycles. The van der Waals surface area contributed by atoms with E-state index in [1.165, 1.54) is 4.90 Å². The van der Waals surface area contributed by atoms with Gasteiger partial charge in [0, 0.05) is 13.1 Å². The fourth-order valence-corrected chi connectivity index (χ4v) is 1.60. The number of nitrogens with one attached hydrogen (secondary N) is 1. The Balaban J connectivity index is 2.45. The molecule has 0 radical (unpaired) electrons. The van der Waals surface area contributed by atoms with E-state index in [4.69, 9.17) is 15.9 Å². The van der Waals surface area contributed by atoms with Crippen LogP contribution < -0.4 is 11.1 Å². The highest BCUT2D eigenvalue weighted by Crippen LogP contribution is 2.15. The topological polar surface area (TPSA) is 116 Å². The molecule has 5 N–H and O–H groups in total. The van der Waals surface area contributed by atoms with Crippen LogP contribution in [-0.4, -0.2) is 53.2 Å². The van der Waals surface area contributed by atoms with Crippen molar-refractivity contribution in [1.82, 2.24) is 4.90 Å². The van der Waals surface area contributed by atoms with Crippen LogP contribution >= 0.6 is 0 Å². The van der Waals surface area contributed by atoms with Gasteiger partial charge in [-0.2, -0.15) is 0 Å². The number of benzene rings is 1. The zero-order valence-corrected chi connectivity index (χ0v) is 10.4. The molecule has 1 aromatic rings. The third-order valence-corrected chi connectivity index (χ3v) is 2.42. The Kier molecular flexibility index (Phi) is 5.62. The number of anilines is 2. The Morgan fingerprint density at radius 3 is 2.26 bits per heavy atom. The van der Waals surface area contributed by atoms with Crippen molar-refractivity contribution in [3.8, 4) is 0 Å². The predicted molar refractivity (Wildman–Crippen MR) is 71.1 cm³/mol. The van der Waals surface area contributed by atoms with Crippen LogP contribution in [-0.2, 0) is 9.59 Å². The number of nitrogens with zero attached hydrogens (tertiary/aromatic N) is 1. The molecular formula is C12H17N3O4. The highest BCUT2D eigenvalue weighted by molar-refractivity contribution is 5.72. The molecule has 0 aliphatic carbocycles. The Labute approximate surface area is 110 Å². The second kappa shape index (κ2) is 7.22. The quantitative estimate of drug-likeness (QED) is 0.495. The molecule has 0 atom stereocenters. The number of aliphatic carboxylic acids is 2. The van der Waals surface area contributed by atoms with E-state index in [2.05, 4.69) is 5.32 Å². The second-order valence-corrected chi connectivity index (χ2v) is 4.01. The Bertz CT molecular complexity index is 434. The lowest BCUT2D eigenvalue weighted by atomic mass is 10.2. The Hall–Kier alpha value is -2.28.